The number of nitrogens with one attached hydrogen (secondary N) is 1. The van der Waals surface area contributed by atoms with Crippen LogP contribution in [0.3, 0.4) is 0 Å². The Morgan fingerprint density at radius 2 is 1.52 bits per heavy atom. The first-order valence-electron chi connectivity index (χ1n) is 10.5. The Balaban J connectivity index is 1.95. The first kappa shape index (κ1) is 24.5. The highest BCUT2D eigenvalue weighted by Gasteiger charge is 2.19. The standard InChI is InChI=1S/C23H33N3O4S/c1-6-22(30-21-15-13-19(14-16-21)25(4)31(5,28)29)23(27)24-17-18-9-11-20(12-10-18)26(7-2)8-3/h9-16,22H,6-8,17H2,1-5H3,(H,24,27)/t22-/m0/s1. The van der Waals surface area contributed by atoms with Crippen LogP contribution in [0, 0.1) is 0 Å². The van der Waals surface area contributed by atoms with Crippen LogP contribution in [0.1, 0.15) is 32.8 Å². The van der Waals surface area contributed by atoms with E-state index in [2.05, 4.69) is 36.2 Å². The molecule has 31 heavy (non-hydrogen) atoms. The molecule has 7 nitrogen and oxygen atoms in total. The number of rotatable bonds is 11. The molecule has 0 aliphatic carbocycles. The maximum absolute atomic E-state index is 12.6. The summed E-state index contributed by atoms with van der Waals surface area (Å²) in [6, 6.07) is 14.8. The van der Waals surface area contributed by atoms with Crippen molar-refractivity contribution < 1.29 is 17.9 Å². The third-order valence-corrected chi connectivity index (χ3v) is 6.38. The Morgan fingerprint density at radius 1 is 0.968 bits per heavy atom. The molecule has 1 atom stereocenters. The average Bonchev–Trinajstić information content (AvgIpc) is 2.76. The molecule has 2 aromatic carbocycles. The molecule has 0 heterocycles. The molecule has 0 bridgehead atoms. The molecule has 170 valence electrons. The highest BCUT2D eigenvalue weighted by atomic mass is 32.2. The average molecular weight is 448 g/mol. The minimum Gasteiger partial charge on any atom is -0.481 e. The monoisotopic (exact) mass is 447 g/mol. The van der Waals surface area contributed by atoms with Gasteiger partial charge in [0.2, 0.25) is 10.0 Å². The van der Waals surface area contributed by atoms with Crippen molar-refractivity contribution in [2.75, 3.05) is 35.6 Å². The van der Waals surface area contributed by atoms with Crippen LogP contribution in [0.25, 0.3) is 0 Å². The van der Waals surface area contributed by atoms with Gasteiger partial charge in [0.15, 0.2) is 6.10 Å². The van der Waals surface area contributed by atoms with Gasteiger partial charge in [0.05, 0.1) is 11.9 Å². The van der Waals surface area contributed by atoms with E-state index in [1.54, 1.807) is 24.3 Å². The molecule has 2 rings (SSSR count). The number of hydrogen-bond donors (Lipinski definition) is 1. The number of ether oxygens (including phenoxy) is 1. The first-order chi connectivity index (χ1) is 14.7. The van der Waals surface area contributed by atoms with Gasteiger partial charge in [0, 0.05) is 32.4 Å². The van der Waals surface area contributed by atoms with Crippen LogP contribution >= 0.6 is 0 Å². The topological polar surface area (TPSA) is 78.9 Å². The van der Waals surface area contributed by atoms with Crippen molar-refractivity contribution in [3.63, 3.8) is 0 Å². The summed E-state index contributed by atoms with van der Waals surface area (Å²) in [6.45, 7) is 8.46. The predicted octanol–water partition coefficient (Wildman–Crippen LogP) is 3.40. The van der Waals surface area contributed by atoms with Crippen molar-refractivity contribution in [2.24, 2.45) is 0 Å². The molecule has 0 radical (unpaired) electrons. The fraction of sp³-hybridized carbons (Fsp3) is 0.435. The van der Waals surface area contributed by atoms with E-state index in [1.165, 1.54) is 17.0 Å². The minimum absolute atomic E-state index is 0.187. The number of carbonyl (C=O) groups excluding carboxylic acids is 1. The summed E-state index contributed by atoms with van der Waals surface area (Å²) in [5.74, 6) is 0.323. The van der Waals surface area contributed by atoms with Crippen LogP contribution in [0.2, 0.25) is 0 Å². The Hall–Kier alpha value is -2.74. The Bertz CT molecular complexity index is 940. The number of benzene rings is 2. The SMILES string of the molecule is CC[C@H](Oc1ccc(N(C)S(C)(=O)=O)cc1)C(=O)NCc1ccc(N(CC)CC)cc1. The number of amides is 1. The molecule has 2 aromatic rings. The zero-order valence-corrected chi connectivity index (χ0v) is 19.8. The molecule has 0 spiro atoms. The van der Waals surface area contributed by atoms with Crippen molar-refractivity contribution in [3.05, 3.63) is 54.1 Å². The van der Waals surface area contributed by atoms with Gasteiger partial charge in [-0.1, -0.05) is 19.1 Å². The number of hydrogen-bond acceptors (Lipinski definition) is 5. The van der Waals surface area contributed by atoms with Crippen molar-refractivity contribution in [2.45, 2.75) is 39.8 Å². The second-order valence-corrected chi connectivity index (χ2v) is 9.31. The highest BCUT2D eigenvalue weighted by molar-refractivity contribution is 7.92. The minimum atomic E-state index is -3.33. The molecule has 0 fully saturated rings. The quantitative estimate of drug-likeness (QED) is 0.571. The molecule has 0 unspecified atom stereocenters. The van der Waals surface area contributed by atoms with Gasteiger partial charge in [-0.05, 0) is 62.2 Å². The van der Waals surface area contributed by atoms with Gasteiger partial charge in [0.25, 0.3) is 5.91 Å². The van der Waals surface area contributed by atoms with Gasteiger partial charge >= 0.3 is 0 Å². The fourth-order valence-corrected chi connectivity index (χ4v) is 3.63. The van der Waals surface area contributed by atoms with E-state index in [1.807, 2.05) is 19.1 Å². The Kier molecular flexibility index (Phi) is 8.74. The molecule has 0 aliphatic heterocycles. The number of sulfonamides is 1. The van der Waals surface area contributed by atoms with Crippen molar-refractivity contribution >= 4 is 27.3 Å². The second-order valence-electron chi connectivity index (χ2n) is 7.30. The van der Waals surface area contributed by atoms with Crippen molar-refractivity contribution in [1.29, 1.82) is 0 Å². The van der Waals surface area contributed by atoms with Crippen LogP contribution < -0.4 is 19.3 Å². The van der Waals surface area contributed by atoms with Crippen LogP contribution in [-0.4, -0.2) is 46.8 Å². The second kappa shape index (κ2) is 11.0. The van der Waals surface area contributed by atoms with E-state index in [4.69, 9.17) is 4.74 Å². The molecule has 0 aliphatic rings. The van der Waals surface area contributed by atoms with Crippen molar-refractivity contribution in [1.82, 2.24) is 5.32 Å². The van der Waals surface area contributed by atoms with E-state index < -0.39 is 16.1 Å². The van der Waals surface area contributed by atoms with Crippen LogP contribution in [0.4, 0.5) is 11.4 Å². The third kappa shape index (κ3) is 6.89. The van der Waals surface area contributed by atoms with Crippen LogP contribution in [0.15, 0.2) is 48.5 Å². The summed E-state index contributed by atoms with van der Waals surface area (Å²) in [4.78, 5) is 14.9. The lowest BCUT2D eigenvalue weighted by Crippen LogP contribution is -2.37. The van der Waals surface area contributed by atoms with Crippen LogP contribution in [0.5, 0.6) is 5.75 Å². The molecule has 1 N–H and O–H groups in total. The predicted molar refractivity (Wildman–Crippen MR) is 126 cm³/mol. The fourth-order valence-electron chi connectivity index (χ4n) is 3.13. The van der Waals surface area contributed by atoms with E-state index in [0.29, 0.717) is 24.4 Å². The van der Waals surface area contributed by atoms with Gasteiger partial charge in [-0.3, -0.25) is 9.10 Å². The zero-order chi connectivity index (χ0) is 23.0. The summed E-state index contributed by atoms with van der Waals surface area (Å²) in [5, 5.41) is 2.93. The lowest BCUT2D eigenvalue weighted by atomic mass is 10.2. The zero-order valence-electron chi connectivity index (χ0n) is 19.0. The van der Waals surface area contributed by atoms with Gasteiger partial charge in [-0.15, -0.1) is 0 Å². The lowest BCUT2D eigenvalue weighted by molar-refractivity contribution is -0.128. The molecule has 8 heteroatoms. The Labute approximate surface area is 186 Å². The molecule has 1 amide bonds. The van der Waals surface area contributed by atoms with E-state index >= 15 is 0 Å². The van der Waals surface area contributed by atoms with Gasteiger partial charge in [-0.2, -0.15) is 0 Å². The molecular formula is C23H33N3O4S. The number of anilines is 2. The smallest absolute Gasteiger partial charge is 0.261 e. The number of nitrogens with zero attached hydrogens (tertiary/aromatic N) is 2. The third-order valence-electron chi connectivity index (χ3n) is 5.17. The van der Waals surface area contributed by atoms with Gasteiger partial charge in [-0.25, -0.2) is 8.42 Å². The molecular weight excluding hydrogens is 414 g/mol. The summed E-state index contributed by atoms with van der Waals surface area (Å²) in [7, 11) is -1.84. The van der Waals surface area contributed by atoms with E-state index in [9.17, 15) is 13.2 Å². The van der Waals surface area contributed by atoms with Crippen LogP contribution in [-0.2, 0) is 21.4 Å². The molecule has 0 saturated heterocycles. The maximum atomic E-state index is 12.6. The largest absolute Gasteiger partial charge is 0.481 e. The highest BCUT2D eigenvalue weighted by Crippen LogP contribution is 2.21. The first-order valence-corrected chi connectivity index (χ1v) is 12.4. The number of carbonyl (C=O) groups is 1. The van der Waals surface area contributed by atoms with Gasteiger partial charge < -0.3 is 15.0 Å². The van der Waals surface area contributed by atoms with Crippen molar-refractivity contribution in [3.8, 4) is 5.75 Å². The van der Waals surface area contributed by atoms with Gasteiger partial charge in [0.1, 0.15) is 5.75 Å². The summed E-state index contributed by atoms with van der Waals surface area (Å²) >= 11 is 0. The Morgan fingerprint density at radius 3 is 2.00 bits per heavy atom. The van der Waals surface area contributed by atoms with E-state index in [0.717, 1.165) is 24.9 Å². The normalized spacial score (nSPS) is 12.2. The molecule has 0 saturated carbocycles. The summed E-state index contributed by atoms with van der Waals surface area (Å²) in [5.41, 5.74) is 2.72. The maximum Gasteiger partial charge on any atom is 0.261 e. The summed E-state index contributed by atoms with van der Waals surface area (Å²) < 4.78 is 30.3. The summed E-state index contributed by atoms with van der Waals surface area (Å²) in [6.07, 6.45) is 1.03. The molecule has 0 aromatic heterocycles. The lowest BCUT2D eigenvalue weighted by Gasteiger charge is -2.21. The van der Waals surface area contributed by atoms with E-state index in [-0.39, 0.29) is 5.91 Å².